The number of fused-ring (bicyclic) bond motifs is 1. The number of aromatic nitrogens is 3. The molecule has 10 heteroatoms. The van der Waals surface area contributed by atoms with Crippen molar-refractivity contribution in [1.29, 1.82) is 0 Å². The highest BCUT2D eigenvalue weighted by Gasteiger charge is 2.26. The van der Waals surface area contributed by atoms with E-state index in [2.05, 4.69) is 15.0 Å². The zero-order valence-corrected chi connectivity index (χ0v) is 17.5. The fourth-order valence-electron chi connectivity index (χ4n) is 4.04. The molecule has 1 aliphatic rings. The number of piperazine rings is 1. The molecule has 2 aromatic carbocycles. The van der Waals surface area contributed by atoms with Gasteiger partial charge >= 0.3 is 0 Å². The molecule has 0 atom stereocenters. The van der Waals surface area contributed by atoms with Gasteiger partial charge in [-0.15, -0.1) is 0 Å². The topological polar surface area (TPSA) is 96.9 Å². The average molecular weight is 446 g/mol. The third kappa shape index (κ3) is 3.75. The molecule has 0 radical (unpaired) electrons. The smallest absolute Gasteiger partial charge is 0.269 e. The van der Waals surface area contributed by atoms with Gasteiger partial charge in [0, 0.05) is 55.8 Å². The van der Waals surface area contributed by atoms with Crippen molar-refractivity contribution in [2.75, 3.05) is 31.1 Å². The van der Waals surface area contributed by atoms with E-state index in [0.717, 1.165) is 5.69 Å². The molecule has 0 N–H and O–H groups in total. The lowest BCUT2D eigenvalue weighted by Crippen LogP contribution is -2.48. The van der Waals surface area contributed by atoms with E-state index in [4.69, 9.17) is 0 Å². The van der Waals surface area contributed by atoms with Crippen LogP contribution >= 0.6 is 0 Å². The molecule has 3 heterocycles. The Bertz CT molecular complexity index is 1350. The first-order valence-electron chi connectivity index (χ1n) is 10.4. The van der Waals surface area contributed by atoms with Crippen LogP contribution in [0.4, 0.5) is 15.8 Å². The van der Waals surface area contributed by atoms with Crippen LogP contribution in [-0.4, -0.2) is 56.5 Å². The maximum absolute atomic E-state index is 14.3. The Morgan fingerprint density at radius 3 is 2.42 bits per heavy atom. The molecule has 9 nitrogen and oxygen atoms in total. The summed E-state index contributed by atoms with van der Waals surface area (Å²) in [7, 11) is 0. The van der Waals surface area contributed by atoms with Crippen LogP contribution in [0.5, 0.6) is 0 Å². The van der Waals surface area contributed by atoms with E-state index in [1.54, 1.807) is 47.5 Å². The second kappa shape index (κ2) is 8.30. The Kier molecular flexibility index (Phi) is 5.17. The van der Waals surface area contributed by atoms with Gasteiger partial charge < -0.3 is 9.80 Å². The summed E-state index contributed by atoms with van der Waals surface area (Å²) in [5.74, 6) is -0.567. The summed E-state index contributed by atoms with van der Waals surface area (Å²) in [6.45, 7) is 2.16. The number of nitrogens with zero attached hydrogens (tertiary/aromatic N) is 6. The van der Waals surface area contributed by atoms with Crippen molar-refractivity contribution >= 4 is 22.9 Å². The number of nitro benzene ring substituents is 1. The Hall–Kier alpha value is -4.34. The van der Waals surface area contributed by atoms with Crippen LogP contribution in [0.2, 0.25) is 0 Å². The number of hydrogen-bond donors (Lipinski definition) is 0. The van der Waals surface area contributed by atoms with Crippen LogP contribution in [0.15, 0.2) is 67.0 Å². The van der Waals surface area contributed by atoms with E-state index in [1.807, 2.05) is 0 Å². The van der Waals surface area contributed by atoms with E-state index in [9.17, 15) is 19.3 Å². The number of carbonyl (C=O) groups excluding carboxylic acids is 1. The highest BCUT2D eigenvalue weighted by molar-refractivity contribution is 6.00. The molecule has 2 aromatic heterocycles. The molecule has 1 amide bonds. The molecule has 1 saturated heterocycles. The fourth-order valence-corrected chi connectivity index (χ4v) is 4.04. The summed E-state index contributed by atoms with van der Waals surface area (Å²) in [6.07, 6.45) is 3.01. The molecule has 0 unspecified atom stereocenters. The van der Waals surface area contributed by atoms with Crippen molar-refractivity contribution in [2.24, 2.45) is 0 Å². The van der Waals surface area contributed by atoms with E-state index in [-0.39, 0.29) is 17.4 Å². The van der Waals surface area contributed by atoms with E-state index < -0.39 is 4.92 Å². The van der Waals surface area contributed by atoms with Crippen LogP contribution in [-0.2, 0) is 0 Å². The van der Waals surface area contributed by atoms with Crippen LogP contribution in [0.25, 0.3) is 16.9 Å². The number of carbonyl (C=O) groups is 1. The molecule has 0 bridgehead atoms. The fraction of sp³-hybridized carbons (Fsp3) is 0.174. The molecule has 5 rings (SSSR count). The van der Waals surface area contributed by atoms with Crippen molar-refractivity contribution in [3.63, 3.8) is 0 Å². The second-order valence-corrected chi connectivity index (χ2v) is 7.66. The third-order valence-electron chi connectivity index (χ3n) is 5.77. The predicted molar refractivity (Wildman–Crippen MR) is 120 cm³/mol. The van der Waals surface area contributed by atoms with Gasteiger partial charge in [-0.1, -0.05) is 12.1 Å². The number of halogens is 1. The standard InChI is InChI=1S/C23H19FN6O3/c24-20-4-2-1-3-18(20)21-9-10-25-22-19(15-26-29(21)22)23(31)28-13-11-27(12-14-28)16-5-7-17(8-6-16)30(32)33/h1-10,15H,11-14H2. The highest BCUT2D eigenvalue weighted by Crippen LogP contribution is 2.25. The van der Waals surface area contributed by atoms with Crippen molar-refractivity contribution in [3.8, 4) is 11.3 Å². The van der Waals surface area contributed by atoms with Gasteiger partial charge in [0.25, 0.3) is 11.6 Å². The van der Waals surface area contributed by atoms with Gasteiger partial charge in [0.2, 0.25) is 0 Å². The summed E-state index contributed by atoms with van der Waals surface area (Å²) < 4.78 is 15.8. The molecule has 4 aromatic rings. The minimum atomic E-state index is -0.428. The first-order valence-corrected chi connectivity index (χ1v) is 10.4. The monoisotopic (exact) mass is 446 g/mol. The molecule has 0 aliphatic carbocycles. The maximum atomic E-state index is 14.3. The first kappa shape index (κ1) is 20.6. The summed E-state index contributed by atoms with van der Waals surface area (Å²) in [4.78, 5) is 31.8. The maximum Gasteiger partial charge on any atom is 0.269 e. The Labute approximate surface area is 187 Å². The summed E-state index contributed by atoms with van der Waals surface area (Å²) in [6, 6.07) is 14.4. The molecule has 0 saturated carbocycles. The Morgan fingerprint density at radius 1 is 1.00 bits per heavy atom. The van der Waals surface area contributed by atoms with Gasteiger partial charge in [0.05, 0.1) is 16.8 Å². The van der Waals surface area contributed by atoms with Gasteiger partial charge in [-0.2, -0.15) is 5.10 Å². The number of rotatable bonds is 4. The number of non-ortho nitro benzene ring substituents is 1. The lowest BCUT2D eigenvalue weighted by atomic mass is 10.1. The second-order valence-electron chi connectivity index (χ2n) is 7.66. The highest BCUT2D eigenvalue weighted by atomic mass is 19.1. The van der Waals surface area contributed by atoms with Crippen molar-refractivity contribution < 1.29 is 14.1 Å². The van der Waals surface area contributed by atoms with Gasteiger partial charge in [-0.05, 0) is 30.3 Å². The number of amides is 1. The Morgan fingerprint density at radius 2 is 1.73 bits per heavy atom. The number of anilines is 1. The van der Waals surface area contributed by atoms with Crippen LogP contribution in [0, 0.1) is 15.9 Å². The number of nitro groups is 1. The van der Waals surface area contributed by atoms with Crippen molar-refractivity contribution in [3.05, 3.63) is 88.5 Å². The number of benzene rings is 2. The quantitative estimate of drug-likeness (QED) is 0.352. The Balaban J connectivity index is 1.34. The van der Waals surface area contributed by atoms with Gasteiger partial charge in [-0.3, -0.25) is 14.9 Å². The zero-order valence-electron chi connectivity index (χ0n) is 17.5. The number of hydrogen-bond acceptors (Lipinski definition) is 6. The van der Waals surface area contributed by atoms with E-state index in [0.29, 0.717) is 48.6 Å². The van der Waals surface area contributed by atoms with Gasteiger partial charge in [-0.25, -0.2) is 13.9 Å². The minimum absolute atomic E-state index is 0.0444. The van der Waals surface area contributed by atoms with Crippen LogP contribution in [0.1, 0.15) is 10.4 Å². The van der Waals surface area contributed by atoms with Gasteiger partial charge in [0.1, 0.15) is 11.4 Å². The third-order valence-corrected chi connectivity index (χ3v) is 5.77. The lowest BCUT2D eigenvalue weighted by molar-refractivity contribution is -0.384. The summed E-state index contributed by atoms with van der Waals surface area (Å²) in [5.41, 5.74) is 2.54. The van der Waals surface area contributed by atoms with Crippen LogP contribution in [0.3, 0.4) is 0 Å². The minimum Gasteiger partial charge on any atom is -0.368 e. The van der Waals surface area contributed by atoms with E-state index in [1.165, 1.54) is 28.9 Å². The zero-order chi connectivity index (χ0) is 22.9. The molecule has 1 aliphatic heterocycles. The van der Waals surface area contributed by atoms with E-state index >= 15 is 0 Å². The summed E-state index contributed by atoms with van der Waals surface area (Å²) >= 11 is 0. The molecule has 0 spiro atoms. The molecule has 166 valence electrons. The molecular weight excluding hydrogens is 427 g/mol. The predicted octanol–water partition coefficient (Wildman–Crippen LogP) is 3.41. The molecule has 1 fully saturated rings. The van der Waals surface area contributed by atoms with Crippen LogP contribution < -0.4 is 4.90 Å². The van der Waals surface area contributed by atoms with Crippen molar-refractivity contribution in [2.45, 2.75) is 0 Å². The molecular formula is C23H19FN6O3. The average Bonchev–Trinajstić information content (AvgIpc) is 3.28. The van der Waals surface area contributed by atoms with Crippen molar-refractivity contribution in [1.82, 2.24) is 19.5 Å². The molecule has 33 heavy (non-hydrogen) atoms. The summed E-state index contributed by atoms with van der Waals surface area (Å²) in [5, 5.41) is 15.2. The van der Waals surface area contributed by atoms with Gasteiger partial charge in [0.15, 0.2) is 5.65 Å². The lowest BCUT2D eigenvalue weighted by Gasteiger charge is -2.36. The largest absolute Gasteiger partial charge is 0.368 e. The normalized spacial score (nSPS) is 14.0. The SMILES string of the molecule is O=C(c1cnn2c(-c3ccccc3F)ccnc12)N1CCN(c2ccc([N+](=O)[O-])cc2)CC1. The first-order chi connectivity index (χ1) is 16.0.